The van der Waals surface area contributed by atoms with Crippen LogP contribution < -0.4 is 20.5 Å². The van der Waals surface area contributed by atoms with Gasteiger partial charge in [-0.2, -0.15) is 0 Å². The van der Waals surface area contributed by atoms with E-state index in [2.05, 4.69) is 10.3 Å². The molecule has 0 unspecified atom stereocenters. The summed E-state index contributed by atoms with van der Waals surface area (Å²) in [6.45, 7) is 2.12. The number of H-pyrrole nitrogens is 1. The second-order valence-corrected chi connectivity index (χ2v) is 7.17. The first-order valence-corrected chi connectivity index (χ1v) is 10.2. The van der Waals surface area contributed by atoms with Crippen molar-refractivity contribution in [3.63, 3.8) is 0 Å². The van der Waals surface area contributed by atoms with E-state index in [0.717, 1.165) is 11.3 Å². The van der Waals surface area contributed by atoms with Crippen molar-refractivity contribution in [1.82, 2.24) is 9.55 Å². The third-order valence-electron chi connectivity index (χ3n) is 4.82. The Hall–Kier alpha value is -4.26. The molecule has 32 heavy (non-hydrogen) atoms. The Morgan fingerprint density at radius 2 is 1.56 bits per heavy atom. The maximum absolute atomic E-state index is 12.4. The van der Waals surface area contributed by atoms with Crippen molar-refractivity contribution in [3.05, 3.63) is 107 Å². The number of hydrogen-bond donors (Lipinski definition) is 2. The fourth-order valence-corrected chi connectivity index (χ4v) is 3.24. The SMILES string of the molecule is Cc1c[nH]c(=O)n1-c1ccccc1NC(=O)COc1ccc(OCc2ccccc2)cc1. The van der Waals surface area contributed by atoms with Gasteiger partial charge in [0.1, 0.15) is 18.1 Å². The number of carbonyl (C=O) groups is 1. The van der Waals surface area contributed by atoms with E-state index in [1.807, 2.05) is 43.3 Å². The second kappa shape index (κ2) is 9.70. The summed E-state index contributed by atoms with van der Waals surface area (Å²) in [6, 6.07) is 24.1. The standard InChI is InChI=1S/C25H23N3O4/c1-18-15-26-25(30)28(18)23-10-6-5-9-22(23)27-24(29)17-32-21-13-11-20(12-14-21)31-16-19-7-3-2-4-8-19/h2-15H,16-17H2,1H3,(H,26,30)(H,27,29). The Labute approximate surface area is 185 Å². The number of aromatic nitrogens is 2. The molecular weight excluding hydrogens is 406 g/mol. The Kier molecular flexibility index (Phi) is 6.36. The number of para-hydroxylation sites is 2. The molecule has 0 saturated heterocycles. The molecule has 1 aromatic heterocycles. The van der Waals surface area contributed by atoms with E-state index in [4.69, 9.17) is 9.47 Å². The predicted molar refractivity (Wildman–Crippen MR) is 122 cm³/mol. The largest absolute Gasteiger partial charge is 0.489 e. The van der Waals surface area contributed by atoms with Gasteiger partial charge in [-0.05, 0) is 48.9 Å². The van der Waals surface area contributed by atoms with Crippen LogP contribution in [0, 0.1) is 6.92 Å². The first-order valence-electron chi connectivity index (χ1n) is 10.2. The number of ether oxygens (including phenoxy) is 2. The van der Waals surface area contributed by atoms with Crippen LogP contribution in [-0.2, 0) is 11.4 Å². The number of nitrogens with one attached hydrogen (secondary N) is 2. The summed E-state index contributed by atoms with van der Waals surface area (Å²) in [4.78, 5) is 27.2. The van der Waals surface area contributed by atoms with Crippen molar-refractivity contribution in [2.45, 2.75) is 13.5 Å². The van der Waals surface area contributed by atoms with Crippen LogP contribution in [0.3, 0.4) is 0 Å². The van der Waals surface area contributed by atoms with Crippen LogP contribution in [0.15, 0.2) is 89.9 Å². The lowest BCUT2D eigenvalue weighted by atomic mass is 10.2. The molecule has 7 nitrogen and oxygen atoms in total. The van der Waals surface area contributed by atoms with E-state index in [-0.39, 0.29) is 18.2 Å². The smallest absolute Gasteiger partial charge is 0.330 e. The molecule has 4 aromatic rings. The van der Waals surface area contributed by atoms with Gasteiger partial charge < -0.3 is 19.8 Å². The molecule has 1 amide bonds. The highest BCUT2D eigenvalue weighted by Crippen LogP contribution is 2.21. The molecule has 2 N–H and O–H groups in total. The normalized spacial score (nSPS) is 10.5. The maximum Gasteiger partial charge on any atom is 0.330 e. The first kappa shape index (κ1) is 21.0. The Morgan fingerprint density at radius 1 is 0.906 bits per heavy atom. The molecular formula is C25H23N3O4. The molecule has 0 radical (unpaired) electrons. The zero-order chi connectivity index (χ0) is 22.3. The fourth-order valence-electron chi connectivity index (χ4n) is 3.24. The van der Waals surface area contributed by atoms with E-state index in [9.17, 15) is 9.59 Å². The van der Waals surface area contributed by atoms with Crippen LogP contribution in [0.1, 0.15) is 11.3 Å². The van der Waals surface area contributed by atoms with Crippen molar-refractivity contribution < 1.29 is 14.3 Å². The number of amides is 1. The molecule has 0 spiro atoms. The predicted octanol–water partition coefficient (Wildman–Crippen LogP) is 4.07. The van der Waals surface area contributed by atoms with Gasteiger partial charge in [0.2, 0.25) is 0 Å². The van der Waals surface area contributed by atoms with Crippen molar-refractivity contribution in [1.29, 1.82) is 0 Å². The topological polar surface area (TPSA) is 85.4 Å². The lowest BCUT2D eigenvalue weighted by Gasteiger charge is -2.13. The number of imidazole rings is 1. The van der Waals surface area contributed by atoms with Gasteiger partial charge in [0.15, 0.2) is 6.61 Å². The summed E-state index contributed by atoms with van der Waals surface area (Å²) >= 11 is 0. The Balaban J connectivity index is 1.33. The molecule has 0 atom stereocenters. The van der Waals surface area contributed by atoms with Crippen LogP contribution in [0.4, 0.5) is 5.69 Å². The van der Waals surface area contributed by atoms with E-state index in [1.54, 1.807) is 48.7 Å². The molecule has 0 fully saturated rings. The summed E-state index contributed by atoms with van der Waals surface area (Å²) < 4.78 is 12.9. The molecule has 0 bridgehead atoms. The quantitative estimate of drug-likeness (QED) is 0.442. The summed E-state index contributed by atoms with van der Waals surface area (Å²) in [5, 5.41) is 2.81. The van der Waals surface area contributed by atoms with Crippen LogP contribution in [0.5, 0.6) is 11.5 Å². The van der Waals surface area contributed by atoms with Gasteiger partial charge in [0, 0.05) is 11.9 Å². The molecule has 3 aromatic carbocycles. The number of anilines is 1. The highest BCUT2D eigenvalue weighted by atomic mass is 16.5. The minimum absolute atomic E-state index is 0.167. The molecule has 0 aliphatic carbocycles. The van der Waals surface area contributed by atoms with Crippen molar-refractivity contribution in [3.8, 4) is 17.2 Å². The van der Waals surface area contributed by atoms with Crippen LogP contribution >= 0.6 is 0 Å². The molecule has 0 aliphatic rings. The molecule has 0 saturated carbocycles. The van der Waals surface area contributed by atoms with Gasteiger partial charge in [0.25, 0.3) is 5.91 Å². The van der Waals surface area contributed by atoms with Gasteiger partial charge in [0.05, 0.1) is 11.4 Å². The number of rotatable bonds is 8. The van der Waals surface area contributed by atoms with E-state index in [1.165, 1.54) is 4.57 Å². The number of hydrogen-bond acceptors (Lipinski definition) is 4. The zero-order valence-corrected chi connectivity index (χ0v) is 17.6. The maximum atomic E-state index is 12.4. The van der Waals surface area contributed by atoms with Crippen molar-refractivity contribution in [2.75, 3.05) is 11.9 Å². The third kappa shape index (κ3) is 5.07. The minimum atomic E-state index is -0.330. The lowest BCUT2D eigenvalue weighted by molar-refractivity contribution is -0.118. The van der Waals surface area contributed by atoms with Crippen molar-refractivity contribution in [2.24, 2.45) is 0 Å². The Bertz CT molecular complexity index is 1240. The highest BCUT2D eigenvalue weighted by Gasteiger charge is 2.12. The minimum Gasteiger partial charge on any atom is -0.489 e. The molecule has 0 aliphatic heterocycles. The Morgan fingerprint density at radius 3 is 2.25 bits per heavy atom. The van der Waals surface area contributed by atoms with E-state index in [0.29, 0.717) is 29.5 Å². The summed E-state index contributed by atoms with van der Waals surface area (Å²) in [5.74, 6) is 0.938. The van der Waals surface area contributed by atoms with Crippen LogP contribution in [-0.4, -0.2) is 22.1 Å². The average Bonchev–Trinajstić information content (AvgIpc) is 3.16. The molecule has 4 rings (SSSR count). The first-order chi connectivity index (χ1) is 15.6. The highest BCUT2D eigenvalue weighted by molar-refractivity contribution is 5.93. The molecule has 162 valence electrons. The molecule has 1 heterocycles. The van der Waals surface area contributed by atoms with E-state index < -0.39 is 0 Å². The summed E-state index contributed by atoms with van der Waals surface area (Å²) in [5.41, 5.74) is 2.67. The van der Waals surface area contributed by atoms with Gasteiger partial charge >= 0.3 is 5.69 Å². The zero-order valence-electron chi connectivity index (χ0n) is 17.6. The number of aromatic amines is 1. The fraction of sp³-hybridized carbons (Fsp3) is 0.120. The van der Waals surface area contributed by atoms with Gasteiger partial charge in [-0.1, -0.05) is 42.5 Å². The number of carbonyl (C=O) groups excluding carboxylic acids is 1. The average molecular weight is 429 g/mol. The summed E-state index contributed by atoms with van der Waals surface area (Å²) in [7, 11) is 0. The van der Waals surface area contributed by atoms with Gasteiger partial charge in [-0.25, -0.2) is 4.79 Å². The number of benzene rings is 3. The monoisotopic (exact) mass is 429 g/mol. The van der Waals surface area contributed by atoms with Crippen molar-refractivity contribution >= 4 is 11.6 Å². The van der Waals surface area contributed by atoms with Gasteiger partial charge in [-0.15, -0.1) is 0 Å². The van der Waals surface area contributed by atoms with E-state index >= 15 is 0 Å². The lowest BCUT2D eigenvalue weighted by Crippen LogP contribution is -2.23. The molecule has 7 heteroatoms. The third-order valence-corrected chi connectivity index (χ3v) is 4.82. The van der Waals surface area contributed by atoms with Crippen LogP contribution in [0.2, 0.25) is 0 Å². The van der Waals surface area contributed by atoms with Gasteiger partial charge in [-0.3, -0.25) is 9.36 Å². The van der Waals surface area contributed by atoms with Crippen LogP contribution in [0.25, 0.3) is 5.69 Å². The second-order valence-electron chi connectivity index (χ2n) is 7.17. The number of aryl methyl sites for hydroxylation is 1. The number of nitrogens with zero attached hydrogens (tertiary/aromatic N) is 1. The summed E-state index contributed by atoms with van der Waals surface area (Å²) in [6.07, 6.45) is 1.62.